The molecule has 45 heavy (non-hydrogen) atoms. The van der Waals surface area contributed by atoms with E-state index in [2.05, 4.69) is 10.6 Å². The van der Waals surface area contributed by atoms with Crippen molar-refractivity contribution >= 4 is 18.0 Å². The molecule has 0 saturated carbocycles. The van der Waals surface area contributed by atoms with Gasteiger partial charge < -0.3 is 56.1 Å². The summed E-state index contributed by atoms with van der Waals surface area (Å²) in [5, 5.41) is 53.4. The number of carbonyl (C=O) groups is 3. The van der Waals surface area contributed by atoms with Gasteiger partial charge in [-0.25, -0.2) is 9.59 Å². The Hall–Kier alpha value is -3.63. The predicted molar refractivity (Wildman–Crippen MR) is 161 cm³/mol. The number of benzene rings is 2. The van der Waals surface area contributed by atoms with Crippen LogP contribution in [0.2, 0.25) is 0 Å². The molecule has 3 rings (SSSR count). The third kappa shape index (κ3) is 13.1. The van der Waals surface area contributed by atoms with Crippen LogP contribution in [0, 0.1) is 5.92 Å². The molecule has 5 unspecified atom stereocenters. The van der Waals surface area contributed by atoms with Crippen molar-refractivity contribution in [3.05, 3.63) is 71.8 Å². The third-order valence-corrected chi connectivity index (χ3v) is 6.93. The lowest BCUT2D eigenvalue weighted by Gasteiger charge is -2.41. The smallest absolute Gasteiger partial charge is 0.408 e. The zero-order valence-corrected chi connectivity index (χ0v) is 25.5. The lowest BCUT2D eigenvalue weighted by Crippen LogP contribution is -2.64. The molecule has 0 bridgehead atoms. The number of hydrogen-bond donors (Lipinski definition) is 8. The molecular weight excluding hydrogens is 590 g/mol. The molecule has 1 fully saturated rings. The van der Waals surface area contributed by atoms with E-state index in [-0.39, 0.29) is 45.2 Å². The maximum absolute atomic E-state index is 12.7. The van der Waals surface area contributed by atoms with Gasteiger partial charge >= 0.3 is 18.0 Å². The number of carbonyl (C=O) groups excluding carboxylic acids is 2. The molecule has 1 aliphatic rings. The van der Waals surface area contributed by atoms with Gasteiger partial charge in [0.25, 0.3) is 0 Å². The van der Waals surface area contributed by atoms with Crippen LogP contribution in [0.1, 0.15) is 37.8 Å². The highest BCUT2D eigenvalue weighted by atomic mass is 16.6. The van der Waals surface area contributed by atoms with Gasteiger partial charge in [-0.05, 0) is 36.4 Å². The summed E-state index contributed by atoms with van der Waals surface area (Å²) in [6.45, 7) is 3.36. The fraction of sp³-hybridized carbons (Fsp3) is 0.516. The molecule has 2 aromatic rings. The number of alkyl carbamates (subject to hydrolysis) is 1. The molecule has 1 aliphatic heterocycles. The highest BCUT2D eigenvalue weighted by Gasteiger charge is 2.48. The van der Waals surface area contributed by atoms with Crippen LogP contribution in [0.5, 0.6) is 0 Å². The summed E-state index contributed by atoms with van der Waals surface area (Å²) in [5.41, 5.74) is 6.76. The number of ether oxygens (including phenoxy) is 3. The van der Waals surface area contributed by atoms with Crippen LogP contribution in [0.4, 0.5) is 4.79 Å². The Morgan fingerprint density at radius 3 is 2.04 bits per heavy atom. The molecule has 1 heterocycles. The predicted octanol–water partition coefficient (Wildman–Crippen LogP) is 0.250. The van der Waals surface area contributed by atoms with E-state index in [0.29, 0.717) is 6.42 Å². The van der Waals surface area contributed by atoms with Gasteiger partial charge in [0.15, 0.2) is 0 Å². The number of aliphatic hydroxyl groups excluding tert-OH is 3. The summed E-state index contributed by atoms with van der Waals surface area (Å²) in [4.78, 5) is 35.1. The van der Waals surface area contributed by atoms with Crippen LogP contribution in [0.15, 0.2) is 60.7 Å². The Bertz CT molecular complexity index is 1170. The summed E-state index contributed by atoms with van der Waals surface area (Å²) >= 11 is 0. The first kappa shape index (κ1) is 37.6. The lowest BCUT2D eigenvalue weighted by molar-refractivity contribution is -0.317. The SMILES string of the molecule is CC(C)[C@H](N)C(=O)O.O=C(NC(CCCNCC1(O)OCC(O)C(O)C1O)C(=O)OCc1ccccc1)OCc1ccccc1. The maximum atomic E-state index is 12.7. The summed E-state index contributed by atoms with van der Waals surface area (Å²) in [5.74, 6) is -3.61. The zero-order valence-electron chi connectivity index (χ0n) is 25.5. The van der Waals surface area contributed by atoms with E-state index in [1.54, 1.807) is 13.8 Å². The summed E-state index contributed by atoms with van der Waals surface area (Å²) in [6, 6.07) is 16.6. The van der Waals surface area contributed by atoms with Crippen molar-refractivity contribution in [1.29, 1.82) is 0 Å². The van der Waals surface area contributed by atoms with Crippen LogP contribution in [0.3, 0.4) is 0 Å². The maximum Gasteiger partial charge on any atom is 0.408 e. The van der Waals surface area contributed by atoms with Gasteiger partial charge in [0.1, 0.15) is 43.6 Å². The topological polar surface area (TPSA) is 230 Å². The summed E-state index contributed by atoms with van der Waals surface area (Å²) in [7, 11) is 0. The third-order valence-electron chi connectivity index (χ3n) is 6.93. The van der Waals surface area contributed by atoms with Crippen molar-refractivity contribution in [3.63, 3.8) is 0 Å². The Kier molecular flexibility index (Phi) is 15.9. The van der Waals surface area contributed by atoms with Gasteiger partial charge in [0.05, 0.1) is 13.2 Å². The van der Waals surface area contributed by atoms with Crippen LogP contribution in [-0.2, 0) is 37.0 Å². The quantitative estimate of drug-likeness (QED) is 0.103. The van der Waals surface area contributed by atoms with Crippen molar-refractivity contribution in [1.82, 2.24) is 10.6 Å². The van der Waals surface area contributed by atoms with Crippen LogP contribution in [0.25, 0.3) is 0 Å². The highest BCUT2D eigenvalue weighted by Crippen LogP contribution is 2.23. The molecule has 0 aliphatic carbocycles. The van der Waals surface area contributed by atoms with E-state index < -0.39 is 54.2 Å². The molecule has 1 amide bonds. The molecule has 14 heteroatoms. The number of rotatable bonds is 14. The molecule has 2 aromatic carbocycles. The average molecular weight is 636 g/mol. The molecule has 0 aromatic heterocycles. The van der Waals surface area contributed by atoms with Crippen LogP contribution in [-0.4, -0.2) is 99.4 Å². The number of nitrogens with two attached hydrogens (primary N) is 1. The Morgan fingerprint density at radius 2 is 1.53 bits per heavy atom. The number of nitrogens with one attached hydrogen (secondary N) is 2. The Morgan fingerprint density at radius 1 is 0.978 bits per heavy atom. The van der Waals surface area contributed by atoms with E-state index in [1.165, 1.54) is 0 Å². The first-order valence-corrected chi connectivity index (χ1v) is 14.6. The Balaban J connectivity index is 0.000000777. The second kappa shape index (κ2) is 19.0. The number of aliphatic hydroxyl groups is 4. The minimum atomic E-state index is -2.08. The highest BCUT2D eigenvalue weighted by molar-refractivity contribution is 5.81. The fourth-order valence-corrected chi connectivity index (χ4v) is 4.02. The van der Waals surface area contributed by atoms with E-state index >= 15 is 0 Å². The van der Waals surface area contributed by atoms with E-state index in [0.717, 1.165) is 11.1 Å². The van der Waals surface area contributed by atoms with Crippen molar-refractivity contribution in [2.45, 2.75) is 76.1 Å². The van der Waals surface area contributed by atoms with Gasteiger partial charge in [-0.1, -0.05) is 74.5 Å². The van der Waals surface area contributed by atoms with Crippen molar-refractivity contribution in [2.24, 2.45) is 11.7 Å². The van der Waals surface area contributed by atoms with Gasteiger partial charge in [-0.3, -0.25) is 4.79 Å². The van der Waals surface area contributed by atoms with E-state index in [1.807, 2.05) is 60.7 Å². The minimum Gasteiger partial charge on any atom is -0.480 e. The van der Waals surface area contributed by atoms with Crippen LogP contribution >= 0.6 is 0 Å². The monoisotopic (exact) mass is 635 g/mol. The number of aliphatic carboxylic acids is 1. The minimum absolute atomic E-state index is 0.0208. The standard InChI is InChI=1S/C26H34N2O9.C5H11NO2/c29-21-16-37-26(34,23(31)22(21)30)17-27-13-7-12-20(24(32)35-14-18-8-3-1-4-9-18)28-25(33)36-15-19-10-5-2-6-11-19;1-3(2)4(6)5(7)8/h1-6,8-11,20-23,27,29-31,34H,7,12-17H2,(H,28,33);3-4H,6H2,1-2H3,(H,7,8)/t;4-/m.0/s1. The fourth-order valence-electron chi connectivity index (χ4n) is 4.02. The zero-order chi connectivity index (χ0) is 33.4. The Labute approximate surface area is 262 Å². The van der Waals surface area contributed by atoms with Crippen molar-refractivity contribution < 1.29 is 54.1 Å². The number of esters is 1. The number of hydrogen-bond acceptors (Lipinski definition) is 12. The normalized spacial score (nSPS) is 22.4. The van der Waals surface area contributed by atoms with Crippen molar-refractivity contribution in [2.75, 3.05) is 19.7 Å². The van der Waals surface area contributed by atoms with Gasteiger partial charge in [0.2, 0.25) is 5.79 Å². The van der Waals surface area contributed by atoms with E-state index in [9.17, 15) is 34.8 Å². The van der Waals surface area contributed by atoms with E-state index in [4.69, 9.17) is 25.1 Å². The average Bonchev–Trinajstić information content (AvgIpc) is 3.03. The van der Waals surface area contributed by atoms with Gasteiger partial charge in [-0.15, -0.1) is 0 Å². The molecular formula is C31H45N3O11. The molecule has 1 saturated heterocycles. The summed E-state index contributed by atoms with van der Waals surface area (Å²) in [6.07, 6.45) is -4.74. The second-order valence-electron chi connectivity index (χ2n) is 10.9. The molecule has 0 radical (unpaired) electrons. The second-order valence-corrected chi connectivity index (χ2v) is 10.9. The van der Waals surface area contributed by atoms with Crippen LogP contribution < -0.4 is 16.4 Å². The largest absolute Gasteiger partial charge is 0.480 e. The lowest BCUT2D eigenvalue weighted by atomic mass is 9.97. The number of carboxylic acid groups (broad SMARTS) is 1. The van der Waals surface area contributed by atoms with Gasteiger partial charge in [0, 0.05) is 0 Å². The first-order chi connectivity index (χ1) is 21.3. The van der Waals surface area contributed by atoms with Crippen molar-refractivity contribution in [3.8, 4) is 0 Å². The molecule has 250 valence electrons. The number of amides is 1. The molecule has 14 nitrogen and oxygen atoms in total. The molecule has 9 N–H and O–H groups in total. The first-order valence-electron chi connectivity index (χ1n) is 14.6. The number of carboxylic acids is 1. The molecule has 6 atom stereocenters. The van der Waals surface area contributed by atoms with Gasteiger partial charge in [-0.2, -0.15) is 0 Å². The summed E-state index contributed by atoms with van der Waals surface area (Å²) < 4.78 is 15.7. The molecule has 0 spiro atoms.